The molecule has 0 unspecified atom stereocenters. The van der Waals surface area contributed by atoms with Gasteiger partial charge in [-0.1, -0.05) is 17.4 Å². The molecule has 0 fully saturated rings. The fourth-order valence-electron chi connectivity index (χ4n) is 1.99. The lowest BCUT2D eigenvalue weighted by Gasteiger charge is -1.94. The van der Waals surface area contributed by atoms with Crippen molar-refractivity contribution in [1.29, 1.82) is 0 Å². The Balaban J connectivity index is 1.90. The van der Waals surface area contributed by atoms with Crippen molar-refractivity contribution < 1.29 is 4.42 Å². The van der Waals surface area contributed by atoms with Gasteiger partial charge < -0.3 is 4.42 Å². The molecular formula is C13H9N5OS. The fourth-order valence-corrected chi connectivity index (χ4v) is 2.90. The normalized spacial score (nSPS) is 11.2. The van der Waals surface area contributed by atoms with E-state index in [0.717, 1.165) is 27.0 Å². The third-order valence-electron chi connectivity index (χ3n) is 2.97. The molecule has 0 saturated carbocycles. The first kappa shape index (κ1) is 11.3. The molecule has 7 heteroatoms. The molecule has 0 radical (unpaired) electrons. The first-order valence-electron chi connectivity index (χ1n) is 6.01. The van der Waals surface area contributed by atoms with Gasteiger partial charge in [-0.25, -0.2) is 0 Å². The van der Waals surface area contributed by atoms with Crippen LogP contribution in [0, 0.1) is 6.92 Å². The second-order valence-corrected chi connectivity index (χ2v) is 5.19. The summed E-state index contributed by atoms with van der Waals surface area (Å²) in [7, 11) is 0. The number of hydrogen-bond donors (Lipinski definition) is 0. The average molecular weight is 283 g/mol. The molecule has 0 spiro atoms. The van der Waals surface area contributed by atoms with E-state index >= 15 is 0 Å². The fraction of sp³-hybridized carbons (Fsp3) is 0.0769. The minimum absolute atomic E-state index is 0.643. The summed E-state index contributed by atoms with van der Waals surface area (Å²) in [6.07, 6.45) is 3.39. The van der Waals surface area contributed by atoms with Crippen LogP contribution in [-0.2, 0) is 0 Å². The molecule has 0 saturated heterocycles. The maximum atomic E-state index is 5.32. The van der Waals surface area contributed by atoms with E-state index in [4.69, 9.17) is 4.42 Å². The molecule has 20 heavy (non-hydrogen) atoms. The zero-order valence-corrected chi connectivity index (χ0v) is 11.3. The number of pyridine rings is 1. The number of fused-ring (bicyclic) bond motifs is 1. The number of nitrogens with zero attached hydrogens (tertiary/aromatic N) is 5. The van der Waals surface area contributed by atoms with Crippen molar-refractivity contribution in [2.45, 2.75) is 6.92 Å². The van der Waals surface area contributed by atoms with E-state index < -0.39 is 0 Å². The lowest BCUT2D eigenvalue weighted by atomic mass is 10.3. The molecule has 0 aromatic carbocycles. The molecule has 4 aromatic rings. The van der Waals surface area contributed by atoms with Crippen molar-refractivity contribution >= 4 is 16.3 Å². The SMILES string of the molecule is Cc1occc1-c1nn2c(-c3ccccn3)nnc2s1. The molecule has 0 aliphatic heterocycles. The van der Waals surface area contributed by atoms with Crippen LogP contribution in [0.1, 0.15) is 5.76 Å². The van der Waals surface area contributed by atoms with Gasteiger partial charge in [-0.15, -0.1) is 10.2 Å². The smallest absolute Gasteiger partial charge is 0.235 e. The predicted octanol–water partition coefficient (Wildman–Crippen LogP) is 2.82. The molecule has 4 aromatic heterocycles. The standard InChI is InChI=1S/C13H9N5OS/c1-8-9(5-7-19-8)12-17-18-11(15-16-13(18)20-12)10-4-2-3-6-14-10/h2-7H,1H3. The lowest BCUT2D eigenvalue weighted by Crippen LogP contribution is -1.92. The Morgan fingerprint density at radius 2 is 2.15 bits per heavy atom. The topological polar surface area (TPSA) is 69.1 Å². The van der Waals surface area contributed by atoms with Gasteiger partial charge >= 0.3 is 0 Å². The molecule has 0 bridgehead atoms. The van der Waals surface area contributed by atoms with Crippen LogP contribution in [0.15, 0.2) is 41.1 Å². The molecule has 4 rings (SSSR count). The quantitative estimate of drug-likeness (QED) is 0.566. The molecule has 98 valence electrons. The summed E-state index contributed by atoms with van der Waals surface area (Å²) < 4.78 is 7.03. The summed E-state index contributed by atoms with van der Waals surface area (Å²) in [5.74, 6) is 1.48. The van der Waals surface area contributed by atoms with Crippen molar-refractivity contribution in [2.75, 3.05) is 0 Å². The van der Waals surface area contributed by atoms with Gasteiger partial charge in [0.1, 0.15) is 11.5 Å². The maximum absolute atomic E-state index is 5.32. The van der Waals surface area contributed by atoms with Crippen molar-refractivity contribution in [3.05, 3.63) is 42.5 Å². The summed E-state index contributed by atoms with van der Waals surface area (Å²) >= 11 is 1.48. The van der Waals surface area contributed by atoms with Gasteiger partial charge in [-0.3, -0.25) is 4.98 Å². The van der Waals surface area contributed by atoms with Crippen molar-refractivity contribution in [3.8, 4) is 22.1 Å². The van der Waals surface area contributed by atoms with Gasteiger partial charge in [0, 0.05) is 6.20 Å². The predicted molar refractivity (Wildman–Crippen MR) is 74.3 cm³/mol. The van der Waals surface area contributed by atoms with E-state index in [-0.39, 0.29) is 0 Å². The zero-order valence-electron chi connectivity index (χ0n) is 10.5. The number of rotatable bonds is 2. The van der Waals surface area contributed by atoms with E-state index in [9.17, 15) is 0 Å². The number of hydrogen-bond acceptors (Lipinski definition) is 6. The molecule has 0 N–H and O–H groups in total. The van der Waals surface area contributed by atoms with Crippen LogP contribution in [0.4, 0.5) is 0 Å². The number of furan rings is 1. The van der Waals surface area contributed by atoms with E-state index in [0.29, 0.717) is 5.82 Å². The van der Waals surface area contributed by atoms with Gasteiger partial charge in [0.2, 0.25) is 10.8 Å². The Morgan fingerprint density at radius 1 is 1.20 bits per heavy atom. The molecule has 0 atom stereocenters. The Morgan fingerprint density at radius 3 is 2.90 bits per heavy atom. The average Bonchev–Trinajstić information content (AvgIpc) is 3.13. The molecule has 0 aliphatic carbocycles. The van der Waals surface area contributed by atoms with Crippen LogP contribution in [0.2, 0.25) is 0 Å². The second kappa shape index (κ2) is 4.24. The Hall–Kier alpha value is -2.54. The van der Waals surface area contributed by atoms with E-state index in [1.54, 1.807) is 17.0 Å². The second-order valence-electron chi connectivity index (χ2n) is 4.23. The van der Waals surface area contributed by atoms with Gasteiger partial charge in [0.15, 0.2) is 5.01 Å². The van der Waals surface area contributed by atoms with Gasteiger partial charge in [0.25, 0.3) is 0 Å². The van der Waals surface area contributed by atoms with Gasteiger partial charge in [-0.05, 0) is 25.1 Å². The zero-order chi connectivity index (χ0) is 13.5. The first-order chi connectivity index (χ1) is 9.83. The third kappa shape index (κ3) is 1.64. The van der Waals surface area contributed by atoms with Crippen LogP contribution >= 0.6 is 11.3 Å². The van der Waals surface area contributed by atoms with Crippen LogP contribution in [0.5, 0.6) is 0 Å². The highest BCUT2D eigenvalue weighted by Crippen LogP contribution is 2.29. The van der Waals surface area contributed by atoms with Crippen molar-refractivity contribution in [3.63, 3.8) is 0 Å². The maximum Gasteiger partial charge on any atom is 0.235 e. The van der Waals surface area contributed by atoms with Crippen LogP contribution in [-0.4, -0.2) is 24.8 Å². The van der Waals surface area contributed by atoms with Crippen LogP contribution < -0.4 is 0 Å². The van der Waals surface area contributed by atoms with Crippen LogP contribution in [0.25, 0.3) is 27.1 Å². The summed E-state index contributed by atoms with van der Waals surface area (Å²) in [6.45, 7) is 1.91. The molecular weight excluding hydrogens is 274 g/mol. The minimum atomic E-state index is 0.643. The van der Waals surface area contributed by atoms with Crippen molar-refractivity contribution in [2.24, 2.45) is 0 Å². The summed E-state index contributed by atoms with van der Waals surface area (Å²) in [5, 5.41) is 13.7. The summed E-state index contributed by atoms with van der Waals surface area (Å²) in [4.78, 5) is 5.02. The van der Waals surface area contributed by atoms with Crippen LogP contribution in [0.3, 0.4) is 0 Å². The summed E-state index contributed by atoms with van der Waals surface area (Å²) in [5.41, 5.74) is 1.73. The molecule has 0 amide bonds. The monoisotopic (exact) mass is 283 g/mol. The highest BCUT2D eigenvalue weighted by molar-refractivity contribution is 7.19. The number of aryl methyl sites for hydroxylation is 1. The Kier molecular flexibility index (Phi) is 2.40. The van der Waals surface area contributed by atoms with Crippen molar-refractivity contribution in [1.82, 2.24) is 24.8 Å². The Bertz CT molecular complexity index is 877. The number of aromatic nitrogens is 5. The Labute approximate surface area is 117 Å². The van der Waals surface area contributed by atoms with Gasteiger partial charge in [-0.2, -0.15) is 9.61 Å². The largest absolute Gasteiger partial charge is 0.469 e. The molecule has 6 nitrogen and oxygen atoms in total. The third-order valence-corrected chi connectivity index (χ3v) is 3.91. The highest BCUT2D eigenvalue weighted by atomic mass is 32.1. The van der Waals surface area contributed by atoms with Gasteiger partial charge in [0.05, 0.1) is 11.8 Å². The molecule has 0 aliphatic rings. The first-order valence-corrected chi connectivity index (χ1v) is 6.83. The van der Waals surface area contributed by atoms with E-state index in [1.807, 2.05) is 31.2 Å². The van der Waals surface area contributed by atoms with E-state index in [2.05, 4.69) is 20.3 Å². The molecule has 4 heterocycles. The minimum Gasteiger partial charge on any atom is -0.469 e. The lowest BCUT2D eigenvalue weighted by molar-refractivity contribution is 0.535. The summed E-state index contributed by atoms with van der Waals surface area (Å²) in [6, 6.07) is 7.57. The highest BCUT2D eigenvalue weighted by Gasteiger charge is 2.16. The van der Waals surface area contributed by atoms with E-state index in [1.165, 1.54) is 11.3 Å².